The molecule has 0 aliphatic carbocycles. The van der Waals surface area contributed by atoms with Crippen LogP contribution in [-0.2, 0) is 17.9 Å². The molecule has 0 atom stereocenters. The summed E-state index contributed by atoms with van der Waals surface area (Å²) in [4.78, 5) is 34.3. The minimum absolute atomic E-state index is 0.00985. The number of aromatic nitrogens is 2. The number of rotatable bonds is 7. The van der Waals surface area contributed by atoms with Crippen molar-refractivity contribution in [2.24, 2.45) is 0 Å². The maximum absolute atomic E-state index is 12.4. The first kappa shape index (κ1) is 17.8. The van der Waals surface area contributed by atoms with E-state index in [-0.39, 0.29) is 11.8 Å². The molecule has 3 rings (SSSR count). The van der Waals surface area contributed by atoms with Gasteiger partial charge >= 0.3 is 0 Å². The van der Waals surface area contributed by atoms with Crippen molar-refractivity contribution in [3.05, 3.63) is 53.0 Å². The van der Waals surface area contributed by atoms with Crippen molar-refractivity contribution in [2.75, 3.05) is 18.4 Å². The van der Waals surface area contributed by atoms with Crippen molar-refractivity contribution in [3.63, 3.8) is 0 Å². The van der Waals surface area contributed by atoms with E-state index in [0.717, 1.165) is 22.8 Å². The molecule has 26 heavy (non-hydrogen) atoms. The molecule has 0 unspecified atom stereocenters. The molecule has 2 N–H and O–H groups in total. The van der Waals surface area contributed by atoms with Crippen molar-refractivity contribution in [2.45, 2.75) is 33.4 Å². The zero-order chi connectivity index (χ0) is 18.5. The lowest BCUT2D eigenvalue weighted by Gasteiger charge is -2.15. The van der Waals surface area contributed by atoms with Gasteiger partial charge in [-0.25, -0.2) is 4.98 Å². The van der Waals surface area contributed by atoms with E-state index in [0.29, 0.717) is 38.2 Å². The van der Waals surface area contributed by atoms with E-state index in [4.69, 9.17) is 0 Å². The van der Waals surface area contributed by atoms with Crippen LogP contribution in [0.15, 0.2) is 30.5 Å². The van der Waals surface area contributed by atoms with E-state index < -0.39 is 0 Å². The van der Waals surface area contributed by atoms with Crippen LogP contribution in [0.4, 0.5) is 5.82 Å². The molecule has 136 valence electrons. The highest BCUT2D eigenvalue weighted by molar-refractivity contribution is 5.98. The normalized spacial score (nSPS) is 12.8. The number of fused-ring (bicyclic) bond motifs is 1. The fourth-order valence-corrected chi connectivity index (χ4v) is 2.77. The summed E-state index contributed by atoms with van der Waals surface area (Å²) in [5.74, 6) is 0.690. The average molecular weight is 353 g/mol. The molecule has 2 aromatic rings. The van der Waals surface area contributed by atoms with Gasteiger partial charge in [0.2, 0.25) is 5.91 Å². The minimum Gasteiger partial charge on any atom is -0.366 e. The van der Waals surface area contributed by atoms with E-state index in [2.05, 4.69) is 20.6 Å². The number of aryl methyl sites for hydroxylation is 1. The van der Waals surface area contributed by atoms with Crippen LogP contribution < -0.4 is 10.6 Å². The summed E-state index contributed by atoms with van der Waals surface area (Å²) in [7, 11) is 0. The molecule has 0 fully saturated rings. The van der Waals surface area contributed by atoms with Gasteiger partial charge in [-0.15, -0.1) is 0 Å². The lowest BCUT2D eigenvalue weighted by atomic mass is 10.2. The number of anilines is 1. The molecule has 3 heterocycles. The molecule has 1 aliphatic rings. The second-order valence-corrected chi connectivity index (χ2v) is 6.28. The Kier molecular flexibility index (Phi) is 5.46. The average Bonchev–Trinajstić information content (AvgIpc) is 2.96. The molecule has 0 spiro atoms. The highest BCUT2D eigenvalue weighted by atomic mass is 16.2. The van der Waals surface area contributed by atoms with Crippen LogP contribution in [0.3, 0.4) is 0 Å². The van der Waals surface area contributed by atoms with Gasteiger partial charge in [0.1, 0.15) is 5.82 Å². The molecule has 0 saturated heterocycles. The van der Waals surface area contributed by atoms with Crippen molar-refractivity contribution < 1.29 is 9.59 Å². The first-order valence-corrected chi connectivity index (χ1v) is 8.78. The second kappa shape index (κ2) is 7.95. The first-order valence-electron chi connectivity index (χ1n) is 8.78. The van der Waals surface area contributed by atoms with Gasteiger partial charge in [-0.2, -0.15) is 0 Å². The molecule has 7 heteroatoms. The Morgan fingerprint density at radius 2 is 2.12 bits per heavy atom. The van der Waals surface area contributed by atoms with Crippen LogP contribution in [-0.4, -0.2) is 39.8 Å². The number of pyridine rings is 2. The highest BCUT2D eigenvalue weighted by Crippen LogP contribution is 2.22. The third-order valence-corrected chi connectivity index (χ3v) is 4.30. The van der Waals surface area contributed by atoms with Gasteiger partial charge in [0.05, 0.1) is 17.8 Å². The van der Waals surface area contributed by atoms with Gasteiger partial charge in [-0.3, -0.25) is 14.6 Å². The molecule has 1 aliphatic heterocycles. The Labute approximate surface area is 152 Å². The van der Waals surface area contributed by atoms with Crippen LogP contribution in [0, 0.1) is 6.92 Å². The Morgan fingerprint density at radius 1 is 1.27 bits per heavy atom. The topological polar surface area (TPSA) is 87.2 Å². The zero-order valence-electron chi connectivity index (χ0n) is 15.1. The van der Waals surface area contributed by atoms with Crippen LogP contribution in [0.2, 0.25) is 0 Å². The molecule has 7 nitrogen and oxygen atoms in total. The first-order chi connectivity index (χ1) is 12.6. The van der Waals surface area contributed by atoms with Crippen molar-refractivity contribution >= 4 is 17.6 Å². The Morgan fingerprint density at radius 3 is 2.85 bits per heavy atom. The highest BCUT2D eigenvalue weighted by Gasteiger charge is 2.28. The second-order valence-electron chi connectivity index (χ2n) is 6.28. The number of hydrogen-bond donors (Lipinski definition) is 2. The number of amides is 2. The smallest absolute Gasteiger partial charge is 0.256 e. The fraction of sp³-hybridized carbons (Fsp3) is 0.368. The zero-order valence-corrected chi connectivity index (χ0v) is 15.1. The monoisotopic (exact) mass is 353 g/mol. The molecule has 2 aromatic heterocycles. The van der Waals surface area contributed by atoms with Gasteiger partial charge in [0.25, 0.3) is 5.91 Å². The fourth-order valence-electron chi connectivity index (χ4n) is 2.77. The predicted octanol–water partition coefficient (Wildman–Crippen LogP) is 1.88. The maximum Gasteiger partial charge on any atom is 0.256 e. The lowest BCUT2D eigenvalue weighted by molar-refractivity contribution is -0.120. The Hall–Kier alpha value is -2.96. The van der Waals surface area contributed by atoms with E-state index in [1.165, 1.54) is 0 Å². The maximum atomic E-state index is 12.4. The standard InChI is InChI=1S/C19H23N5O2/c1-3-18(25)20-8-9-24-12-16-15(19(24)26)6-7-17(23-16)22-11-14-5-4-13(2)21-10-14/h4-7,10H,3,8-9,11-12H2,1-2H3,(H,20,25)(H,22,23). The lowest BCUT2D eigenvalue weighted by Crippen LogP contribution is -2.34. The van der Waals surface area contributed by atoms with Crippen LogP contribution in [0.5, 0.6) is 0 Å². The van der Waals surface area contributed by atoms with Gasteiger partial charge in [-0.05, 0) is 30.7 Å². The Bertz CT molecular complexity index is 804. The van der Waals surface area contributed by atoms with Crippen LogP contribution >= 0.6 is 0 Å². The Balaban J connectivity index is 1.58. The van der Waals surface area contributed by atoms with Crippen LogP contribution in [0.1, 0.15) is 40.7 Å². The third-order valence-electron chi connectivity index (χ3n) is 4.30. The molecule has 0 radical (unpaired) electrons. The predicted molar refractivity (Wildman–Crippen MR) is 98.6 cm³/mol. The van der Waals surface area contributed by atoms with Gasteiger partial charge in [0, 0.05) is 37.9 Å². The number of nitrogens with zero attached hydrogens (tertiary/aromatic N) is 3. The molecule has 2 amide bonds. The minimum atomic E-state index is -0.0347. The van der Waals surface area contributed by atoms with E-state index in [1.807, 2.05) is 37.4 Å². The number of carbonyl (C=O) groups is 2. The summed E-state index contributed by atoms with van der Waals surface area (Å²) in [6, 6.07) is 7.63. The van der Waals surface area contributed by atoms with Gasteiger partial charge in [-0.1, -0.05) is 13.0 Å². The van der Waals surface area contributed by atoms with Gasteiger partial charge < -0.3 is 15.5 Å². The largest absolute Gasteiger partial charge is 0.366 e. The number of carbonyl (C=O) groups excluding carboxylic acids is 2. The van der Waals surface area contributed by atoms with E-state index >= 15 is 0 Å². The van der Waals surface area contributed by atoms with E-state index in [9.17, 15) is 9.59 Å². The summed E-state index contributed by atoms with van der Waals surface area (Å²) in [5, 5.41) is 6.06. The molecule has 0 saturated carbocycles. The molecular formula is C19H23N5O2. The quantitative estimate of drug-likeness (QED) is 0.794. The molecular weight excluding hydrogens is 330 g/mol. The summed E-state index contributed by atoms with van der Waals surface area (Å²) in [6.45, 7) is 5.79. The van der Waals surface area contributed by atoms with Crippen molar-refractivity contribution in [1.82, 2.24) is 20.2 Å². The van der Waals surface area contributed by atoms with Gasteiger partial charge in [0.15, 0.2) is 0 Å². The molecule has 0 aromatic carbocycles. The summed E-state index contributed by atoms with van der Waals surface area (Å²) < 4.78 is 0. The summed E-state index contributed by atoms with van der Waals surface area (Å²) >= 11 is 0. The summed E-state index contributed by atoms with van der Waals surface area (Å²) in [5.41, 5.74) is 3.46. The van der Waals surface area contributed by atoms with E-state index in [1.54, 1.807) is 11.8 Å². The SMILES string of the molecule is CCC(=O)NCCN1Cc2nc(NCc3ccc(C)nc3)ccc2C1=O. The summed E-state index contributed by atoms with van der Waals surface area (Å²) in [6.07, 6.45) is 2.28. The number of hydrogen-bond acceptors (Lipinski definition) is 5. The number of nitrogens with one attached hydrogen (secondary N) is 2. The van der Waals surface area contributed by atoms with Crippen molar-refractivity contribution in [1.29, 1.82) is 0 Å². The van der Waals surface area contributed by atoms with Crippen molar-refractivity contribution in [3.8, 4) is 0 Å². The third kappa shape index (κ3) is 4.17. The molecule has 0 bridgehead atoms. The van der Waals surface area contributed by atoms with Crippen LogP contribution in [0.25, 0.3) is 0 Å².